The number of hydrogen-bond acceptors (Lipinski definition) is 3. The summed E-state index contributed by atoms with van der Waals surface area (Å²) in [5, 5.41) is 19.3. The Morgan fingerprint density at radius 1 is 1.53 bits per heavy atom. The number of aromatic amines is 1. The van der Waals surface area contributed by atoms with Gasteiger partial charge in [-0.2, -0.15) is 5.10 Å². The molecule has 5 nitrogen and oxygen atoms in total. The number of H-pyrrole nitrogens is 1. The predicted molar refractivity (Wildman–Crippen MR) is 70.2 cm³/mol. The van der Waals surface area contributed by atoms with E-state index in [4.69, 9.17) is 0 Å². The lowest BCUT2D eigenvalue weighted by atomic mass is 10.2. The number of halogens is 1. The maximum Gasteiger partial charge on any atom is 0.297 e. The van der Waals surface area contributed by atoms with Crippen LogP contribution in [0.1, 0.15) is 12.1 Å². The summed E-state index contributed by atoms with van der Waals surface area (Å²) in [6.45, 7) is 0. The fourth-order valence-corrected chi connectivity index (χ4v) is 1.85. The van der Waals surface area contributed by atoms with Crippen molar-refractivity contribution in [3.05, 3.63) is 40.1 Å². The third kappa shape index (κ3) is 2.36. The Morgan fingerprint density at radius 3 is 3.06 bits per heavy atom. The minimum Gasteiger partial charge on any atom is -0.277 e. The van der Waals surface area contributed by atoms with Crippen molar-refractivity contribution >= 4 is 38.6 Å². The third-order valence-electron chi connectivity index (χ3n) is 2.35. The van der Waals surface area contributed by atoms with Crippen molar-refractivity contribution in [1.29, 1.82) is 0 Å². The molecule has 6 heteroatoms. The van der Waals surface area contributed by atoms with Crippen LogP contribution in [0.5, 0.6) is 0 Å². The van der Waals surface area contributed by atoms with Crippen LogP contribution >= 0.6 is 15.9 Å². The van der Waals surface area contributed by atoms with Crippen LogP contribution in [0.2, 0.25) is 0 Å². The first-order valence-corrected chi connectivity index (χ1v) is 6.20. The fourth-order valence-electron chi connectivity index (χ4n) is 1.58. The summed E-state index contributed by atoms with van der Waals surface area (Å²) >= 11 is 3.33. The first-order chi connectivity index (χ1) is 8.24. The second kappa shape index (κ2) is 5.09. The number of aromatic nitrogens is 2. The molecular formula is C11H10BrN3O2. The van der Waals surface area contributed by atoms with Crippen molar-refractivity contribution in [3.63, 3.8) is 0 Å². The van der Waals surface area contributed by atoms with E-state index in [1.807, 2.05) is 18.2 Å². The molecule has 0 fully saturated rings. The van der Waals surface area contributed by atoms with E-state index >= 15 is 0 Å². The van der Waals surface area contributed by atoms with Crippen molar-refractivity contribution in [1.82, 2.24) is 10.2 Å². The van der Waals surface area contributed by atoms with Gasteiger partial charge in [-0.3, -0.25) is 15.2 Å². The second-order valence-electron chi connectivity index (χ2n) is 3.45. The molecule has 88 valence electrons. The molecule has 0 saturated carbocycles. The molecule has 0 bridgehead atoms. The second-order valence-corrected chi connectivity index (χ2v) is 4.24. The number of nitrogens with zero attached hydrogens (tertiary/aromatic N) is 2. The minimum absolute atomic E-state index is 0.0268. The predicted octanol–water partition coefficient (Wildman–Crippen LogP) is 3.27. The number of nitro groups is 1. The lowest BCUT2D eigenvalue weighted by molar-refractivity contribution is -0.383. The summed E-state index contributed by atoms with van der Waals surface area (Å²) in [4.78, 5) is 10.4. The molecule has 1 aromatic carbocycles. The van der Waals surface area contributed by atoms with E-state index in [1.54, 1.807) is 6.07 Å². The number of fused-ring (bicyclic) bond motifs is 1. The maximum atomic E-state index is 10.8. The average Bonchev–Trinajstić information content (AvgIpc) is 2.72. The molecule has 0 spiro atoms. The average molecular weight is 296 g/mol. The summed E-state index contributed by atoms with van der Waals surface area (Å²) in [5.41, 5.74) is 1.22. The summed E-state index contributed by atoms with van der Waals surface area (Å²) < 4.78 is 0. The van der Waals surface area contributed by atoms with Crippen LogP contribution in [-0.2, 0) is 0 Å². The van der Waals surface area contributed by atoms with E-state index in [0.717, 1.165) is 22.8 Å². The van der Waals surface area contributed by atoms with Crippen molar-refractivity contribution in [2.24, 2.45) is 0 Å². The normalized spacial score (nSPS) is 11.4. The molecule has 0 unspecified atom stereocenters. The Kier molecular flexibility index (Phi) is 3.53. The highest BCUT2D eigenvalue weighted by molar-refractivity contribution is 9.09. The van der Waals surface area contributed by atoms with Crippen LogP contribution in [0.15, 0.2) is 24.3 Å². The topological polar surface area (TPSA) is 71.8 Å². The zero-order chi connectivity index (χ0) is 12.3. The molecule has 1 aromatic heterocycles. The molecule has 1 heterocycles. The molecule has 0 atom stereocenters. The van der Waals surface area contributed by atoms with Gasteiger partial charge in [-0.05, 0) is 12.5 Å². The number of alkyl halides is 1. The van der Waals surface area contributed by atoms with E-state index < -0.39 is 4.92 Å². The highest BCUT2D eigenvalue weighted by Gasteiger charge is 2.15. The van der Waals surface area contributed by atoms with Crippen molar-refractivity contribution < 1.29 is 4.92 Å². The standard InChI is InChI=1S/C11H10BrN3O2/c12-7-2-1-5-9-8-4-3-6-10(15(16)17)11(8)14-13-9/h1,3-6H,2,7H2,(H,13,14). The molecule has 0 saturated heterocycles. The smallest absolute Gasteiger partial charge is 0.277 e. The number of non-ortho nitro benzene ring substituents is 1. The quantitative estimate of drug-likeness (QED) is 0.534. The third-order valence-corrected chi connectivity index (χ3v) is 2.81. The van der Waals surface area contributed by atoms with Crippen LogP contribution in [0.25, 0.3) is 17.0 Å². The Labute approximate surface area is 106 Å². The maximum absolute atomic E-state index is 10.8. The van der Waals surface area contributed by atoms with Gasteiger partial charge >= 0.3 is 0 Å². The number of nitro benzene ring substituents is 1. The molecule has 2 rings (SSSR count). The minimum atomic E-state index is -0.421. The SMILES string of the molecule is O=[N+]([O-])c1cccc2c(C=CCCBr)[nH]nc12. The van der Waals surface area contributed by atoms with Gasteiger partial charge in [0.25, 0.3) is 5.69 Å². The zero-order valence-corrected chi connectivity index (χ0v) is 10.5. The molecule has 17 heavy (non-hydrogen) atoms. The monoisotopic (exact) mass is 295 g/mol. The van der Waals surface area contributed by atoms with Gasteiger partial charge in [-0.1, -0.05) is 34.1 Å². The first-order valence-electron chi connectivity index (χ1n) is 5.08. The number of allylic oxidation sites excluding steroid dienone is 1. The summed E-state index contributed by atoms with van der Waals surface area (Å²) in [7, 11) is 0. The lowest BCUT2D eigenvalue weighted by Crippen LogP contribution is -1.88. The Hall–Kier alpha value is -1.69. The number of para-hydroxylation sites is 1. The van der Waals surface area contributed by atoms with E-state index in [0.29, 0.717) is 5.52 Å². The van der Waals surface area contributed by atoms with Gasteiger partial charge in [0.2, 0.25) is 0 Å². The lowest BCUT2D eigenvalue weighted by Gasteiger charge is -1.92. The molecular weight excluding hydrogens is 286 g/mol. The van der Waals surface area contributed by atoms with Gasteiger partial charge in [0, 0.05) is 16.8 Å². The highest BCUT2D eigenvalue weighted by Crippen LogP contribution is 2.25. The van der Waals surface area contributed by atoms with Gasteiger partial charge in [-0.25, -0.2) is 0 Å². The molecule has 0 aliphatic heterocycles. The molecule has 2 aromatic rings. The van der Waals surface area contributed by atoms with Crippen LogP contribution in [0.3, 0.4) is 0 Å². The number of rotatable bonds is 4. The van der Waals surface area contributed by atoms with Gasteiger partial charge in [0.15, 0.2) is 5.52 Å². The van der Waals surface area contributed by atoms with Crippen LogP contribution < -0.4 is 0 Å². The van der Waals surface area contributed by atoms with Gasteiger partial charge < -0.3 is 0 Å². The van der Waals surface area contributed by atoms with Crippen molar-refractivity contribution in [2.45, 2.75) is 6.42 Å². The Balaban J connectivity index is 2.47. The van der Waals surface area contributed by atoms with E-state index in [9.17, 15) is 10.1 Å². The van der Waals surface area contributed by atoms with Gasteiger partial charge in [-0.15, -0.1) is 0 Å². The van der Waals surface area contributed by atoms with E-state index in [2.05, 4.69) is 26.1 Å². The van der Waals surface area contributed by atoms with E-state index in [1.165, 1.54) is 6.07 Å². The fraction of sp³-hybridized carbons (Fsp3) is 0.182. The van der Waals surface area contributed by atoms with Crippen molar-refractivity contribution in [2.75, 3.05) is 5.33 Å². The molecule has 0 aliphatic carbocycles. The Bertz CT molecular complexity index is 577. The number of nitrogens with one attached hydrogen (secondary N) is 1. The summed E-state index contributed by atoms with van der Waals surface area (Å²) in [6, 6.07) is 4.94. The molecule has 1 N–H and O–H groups in total. The molecule has 0 radical (unpaired) electrons. The van der Waals surface area contributed by atoms with Gasteiger partial charge in [0.05, 0.1) is 10.6 Å². The van der Waals surface area contributed by atoms with Crippen LogP contribution in [0, 0.1) is 10.1 Å². The Morgan fingerprint density at radius 2 is 2.35 bits per heavy atom. The summed E-state index contributed by atoms with van der Waals surface area (Å²) in [6.07, 6.45) is 4.77. The summed E-state index contributed by atoms with van der Waals surface area (Å²) in [5.74, 6) is 0. The highest BCUT2D eigenvalue weighted by atomic mass is 79.9. The molecule has 0 amide bonds. The number of benzene rings is 1. The first kappa shape index (κ1) is 11.8. The molecule has 0 aliphatic rings. The van der Waals surface area contributed by atoms with Crippen LogP contribution in [-0.4, -0.2) is 20.5 Å². The van der Waals surface area contributed by atoms with Crippen LogP contribution in [0.4, 0.5) is 5.69 Å². The van der Waals surface area contributed by atoms with Gasteiger partial charge in [0.1, 0.15) is 0 Å². The number of hydrogen-bond donors (Lipinski definition) is 1. The van der Waals surface area contributed by atoms with Crippen molar-refractivity contribution in [3.8, 4) is 0 Å². The zero-order valence-electron chi connectivity index (χ0n) is 8.89. The van der Waals surface area contributed by atoms with E-state index in [-0.39, 0.29) is 5.69 Å². The largest absolute Gasteiger partial charge is 0.297 e.